The lowest BCUT2D eigenvalue weighted by Crippen LogP contribution is -2.89. The number of hydrogen-bond acceptors (Lipinski definition) is 4. The maximum absolute atomic E-state index is 13.6. The predicted octanol–water partition coefficient (Wildman–Crippen LogP) is 2.13. The fourth-order valence-electron chi connectivity index (χ4n) is 6.18. The summed E-state index contributed by atoms with van der Waals surface area (Å²) in [7, 11) is 1.50. The first-order chi connectivity index (χ1) is 14.0. The number of hydrogen-bond donors (Lipinski definition) is 1. The number of carbonyl (C=O) groups is 1. The SMILES string of the molecule is COC(=O)[C@H]1CC2[NH2+]CN(CC3CCC(Cl)CC3)C2CN1CC1CCC(F)CC1. The Morgan fingerprint density at radius 3 is 2.31 bits per heavy atom. The largest absolute Gasteiger partial charge is 0.468 e. The van der Waals surface area contributed by atoms with Crippen LogP contribution in [0.5, 0.6) is 0 Å². The maximum atomic E-state index is 13.6. The van der Waals surface area contributed by atoms with Crippen molar-refractivity contribution >= 4 is 17.6 Å². The van der Waals surface area contributed by atoms with Crippen LogP contribution >= 0.6 is 11.6 Å². The second kappa shape index (κ2) is 9.80. The molecule has 5 nitrogen and oxygen atoms in total. The number of fused-ring (bicyclic) bond motifs is 1. The van der Waals surface area contributed by atoms with Crippen LogP contribution < -0.4 is 5.32 Å². The fraction of sp³-hybridized carbons (Fsp3) is 0.955. The molecule has 0 amide bonds. The number of nitrogens with two attached hydrogens (primary N) is 1. The number of likely N-dealkylation sites (tertiary alicyclic amines) is 1. The van der Waals surface area contributed by atoms with E-state index in [1.807, 2.05) is 0 Å². The summed E-state index contributed by atoms with van der Waals surface area (Å²) in [6.45, 7) is 4.03. The van der Waals surface area contributed by atoms with Gasteiger partial charge in [-0.15, -0.1) is 11.6 Å². The van der Waals surface area contributed by atoms with Gasteiger partial charge in [0.15, 0.2) is 0 Å². The molecule has 0 aromatic rings. The lowest BCUT2D eigenvalue weighted by molar-refractivity contribution is -0.678. The molecule has 4 fully saturated rings. The zero-order chi connectivity index (χ0) is 20.4. The van der Waals surface area contributed by atoms with Gasteiger partial charge in [-0.3, -0.25) is 9.69 Å². The monoisotopic (exact) mass is 430 g/mol. The molecule has 2 unspecified atom stereocenters. The van der Waals surface area contributed by atoms with Crippen LogP contribution in [0.1, 0.15) is 57.8 Å². The molecule has 0 radical (unpaired) electrons. The van der Waals surface area contributed by atoms with E-state index in [1.165, 1.54) is 20.0 Å². The molecule has 2 saturated carbocycles. The Morgan fingerprint density at radius 1 is 1.03 bits per heavy atom. The molecule has 0 spiro atoms. The highest BCUT2D eigenvalue weighted by Crippen LogP contribution is 2.32. The average molecular weight is 431 g/mol. The molecular weight excluding hydrogens is 393 g/mol. The Balaban J connectivity index is 1.39. The summed E-state index contributed by atoms with van der Waals surface area (Å²) in [6, 6.07) is 0.829. The van der Waals surface area contributed by atoms with Crippen LogP contribution in [-0.2, 0) is 9.53 Å². The third-order valence-electron chi connectivity index (χ3n) is 7.97. The summed E-state index contributed by atoms with van der Waals surface area (Å²) < 4.78 is 18.7. The van der Waals surface area contributed by atoms with E-state index in [1.54, 1.807) is 0 Å². The van der Waals surface area contributed by atoms with E-state index in [0.29, 0.717) is 36.2 Å². The zero-order valence-corrected chi connectivity index (χ0v) is 18.5. The Labute approximate surface area is 179 Å². The molecule has 166 valence electrons. The van der Waals surface area contributed by atoms with Crippen molar-refractivity contribution in [2.24, 2.45) is 11.8 Å². The van der Waals surface area contributed by atoms with E-state index in [4.69, 9.17) is 16.3 Å². The van der Waals surface area contributed by atoms with E-state index < -0.39 is 6.17 Å². The molecule has 0 aromatic carbocycles. The molecule has 3 atom stereocenters. The van der Waals surface area contributed by atoms with Crippen molar-refractivity contribution in [3.05, 3.63) is 0 Å². The van der Waals surface area contributed by atoms with Crippen molar-refractivity contribution in [3.8, 4) is 0 Å². The summed E-state index contributed by atoms with van der Waals surface area (Å²) >= 11 is 6.30. The number of methoxy groups -OCH3 is 1. The number of rotatable bonds is 5. The average Bonchev–Trinajstić information content (AvgIpc) is 3.12. The minimum atomic E-state index is -0.628. The van der Waals surface area contributed by atoms with Gasteiger partial charge in [0, 0.05) is 31.4 Å². The highest BCUT2D eigenvalue weighted by molar-refractivity contribution is 6.20. The quantitative estimate of drug-likeness (QED) is 0.536. The number of esters is 1. The van der Waals surface area contributed by atoms with Crippen LogP contribution in [0, 0.1) is 11.8 Å². The topological polar surface area (TPSA) is 49.4 Å². The molecule has 2 heterocycles. The lowest BCUT2D eigenvalue weighted by atomic mass is 9.85. The summed E-state index contributed by atoms with van der Waals surface area (Å²) in [5, 5.41) is 2.80. The molecule has 4 aliphatic rings. The molecule has 2 aliphatic heterocycles. The van der Waals surface area contributed by atoms with Gasteiger partial charge in [0.1, 0.15) is 24.9 Å². The van der Waals surface area contributed by atoms with Crippen molar-refractivity contribution in [1.82, 2.24) is 9.80 Å². The van der Waals surface area contributed by atoms with Crippen molar-refractivity contribution in [2.75, 3.05) is 33.4 Å². The Bertz CT molecular complexity index is 552. The number of carbonyl (C=O) groups excluding carboxylic acids is 1. The van der Waals surface area contributed by atoms with Crippen LogP contribution in [-0.4, -0.2) is 78.9 Å². The summed E-state index contributed by atoms with van der Waals surface area (Å²) in [5.41, 5.74) is 0. The third kappa shape index (κ3) is 5.25. The normalized spacial score (nSPS) is 41.8. The number of halogens is 2. The van der Waals surface area contributed by atoms with Gasteiger partial charge < -0.3 is 10.1 Å². The first-order valence-electron chi connectivity index (χ1n) is 11.7. The fourth-order valence-corrected chi connectivity index (χ4v) is 6.43. The van der Waals surface area contributed by atoms with Gasteiger partial charge >= 0.3 is 5.97 Å². The van der Waals surface area contributed by atoms with Gasteiger partial charge in [0.05, 0.1) is 13.2 Å². The molecule has 7 heteroatoms. The Morgan fingerprint density at radius 2 is 1.66 bits per heavy atom. The summed E-state index contributed by atoms with van der Waals surface area (Å²) in [6.07, 6.45) is 8.24. The molecule has 29 heavy (non-hydrogen) atoms. The number of nitrogens with zero attached hydrogens (tertiary/aromatic N) is 2. The van der Waals surface area contributed by atoms with Crippen LogP contribution in [0.2, 0.25) is 0 Å². The lowest BCUT2D eigenvalue weighted by Gasteiger charge is -2.42. The third-order valence-corrected chi connectivity index (χ3v) is 8.41. The van der Waals surface area contributed by atoms with Gasteiger partial charge in [-0.2, -0.15) is 0 Å². The number of quaternary nitrogens is 1. The molecular formula is C22H38ClFN3O2+. The van der Waals surface area contributed by atoms with Gasteiger partial charge in [0.2, 0.25) is 0 Å². The standard InChI is InChI=1S/C22H37ClFN3O2/c1-29-22(28)20-10-19-21(13-26(20)11-16-4-8-18(24)9-5-16)27(14-25-19)12-15-2-6-17(23)7-3-15/h15-21,25H,2-14H2,1H3/p+1/t15?,16?,17?,18?,19?,20-,21?/m1/s1. The second-order valence-corrected chi connectivity index (χ2v) is 10.5. The minimum absolute atomic E-state index is 0.102. The van der Waals surface area contributed by atoms with Crippen molar-refractivity contribution in [1.29, 1.82) is 0 Å². The minimum Gasteiger partial charge on any atom is -0.468 e. The smallest absolute Gasteiger partial charge is 0.323 e. The molecule has 2 N–H and O–H groups in total. The first-order valence-corrected chi connectivity index (χ1v) is 12.1. The van der Waals surface area contributed by atoms with Crippen LogP contribution in [0.15, 0.2) is 0 Å². The van der Waals surface area contributed by atoms with Gasteiger partial charge in [0.25, 0.3) is 0 Å². The maximum Gasteiger partial charge on any atom is 0.323 e. The van der Waals surface area contributed by atoms with Crippen LogP contribution in [0.3, 0.4) is 0 Å². The van der Waals surface area contributed by atoms with Crippen molar-refractivity contribution in [3.63, 3.8) is 0 Å². The number of ether oxygens (including phenoxy) is 1. The first kappa shape index (κ1) is 21.8. The van der Waals surface area contributed by atoms with Gasteiger partial charge in [-0.25, -0.2) is 9.29 Å². The summed E-state index contributed by atoms with van der Waals surface area (Å²) in [4.78, 5) is 17.6. The van der Waals surface area contributed by atoms with E-state index in [9.17, 15) is 9.18 Å². The van der Waals surface area contributed by atoms with E-state index in [0.717, 1.165) is 64.3 Å². The van der Waals surface area contributed by atoms with Crippen LogP contribution in [0.25, 0.3) is 0 Å². The number of piperidine rings is 1. The Hall–Kier alpha value is -0.430. The van der Waals surface area contributed by atoms with Crippen LogP contribution in [0.4, 0.5) is 4.39 Å². The highest BCUT2D eigenvalue weighted by Gasteiger charge is 2.48. The number of alkyl halides is 2. The van der Waals surface area contributed by atoms with Crippen molar-refractivity contribution < 1.29 is 19.2 Å². The molecule has 0 bridgehead atoms. The highest BCUT2D eigenvalue weighted by atomic mass is 35.5. The molecule has 2 aliphatic carbocycles. The molecule has 4 rings (SSSR count). The zero-order valence-electron chi connectivity index (χ0n) is 17.8. The van der Waals surface area contributed by atoms with Gasteiger partial charge in [-0.1, -0.05) is 0 Å². The molecule has 0 aromatic heterocycles. The van der Waals surface area contributed by atoms with E-state index in [2.05, 4.69) is 15.1 Å². The van der Waals surface area contributed by atoms with Gasteiger partial charge in [-0.05, 0) is 63.2 Å². The summed E-state index contributed by atoms with van der Waals surface area (Å²) in [5.74, 6) is 1.15. The van der Waals surface area contributed by atoms with Crippen molar-refractivity contribution in [2.45, 2.75) is 87.5 Å². The Kier molecular flexibility index (Phi) is 7.36. The van der Waals surface area contributed by atoms with E-state index >= 15 is 0 Å². The second-order valence-electron chi connectivity index (χ2n) is 9.89. The predicted molar refractivity (Wildman–Crippen MR) is 112 cm³/mol. The van der Waals surface area contributed by atoms with E-state index in [-0.39, 0.29) is 12.0 Å². The molecule has 2 saturated heterocycles.